The monoisotopic (exact) mass is 912 g/mol. The van der Waals surface area contributed by atoms with Gasteiger partial charge in [-0.15, -0.1) is 0 Å². The highest BCUT2D eigenvalue weighted by molar-refractivity contribution is 6.98. The van der Waals surface area contributed by atoms with Crippen molar-refractivity contribution in [2.45, 2.75) is 77.2 Å². The summed E-state index contributed by atoms with van der Waals surface area (Å²) >= 11 is 0. The predicted octanol–water partition coefficient (Wildman–Crippen LogP) is 8.41. The fourth-order valence-electron chi connectivity index (χ4n) is 10.2. The van der Waals surface area contributed by atoms with Gasteiger partial charge >= 0.3 is 17.9 Å². The fraction of sp³-hybridized carbons (Fsp3) is 0.226. The van der Waals surface area contributed by atoms with Crippen molar-refractivity contribution in [3.05, 3.63) is 165 Å². The molecule has 5 aromatic carbocycles. The van der Waals surface area contributed by atoms with Crippen LogP contribution in [0.25, 0.3) is 5.57 Å². The van der Waals surface area contributed by atoms with Gasteiger partial charge < -0.3 is 40.2 Å². The molecule has 1 saturated carbocycles. The van der Waals surface area contributed by atoms with E-state index in [9.17, 15) is 19.2 Å². The molecule has 338 valence electrons. The van der Waals surface area contributed by atoms with Gasteiger partial charge in [0.25, 0.3) is 5.91 Å². The number of hydrogen-bond donors (Lipinski definition) is 4. The molecule has 0 radical (unpaired) electrons. The van der Waals surface area contributed by atoms with Gasteiger partial charge in [-0.2, -0.15) is 5.48 Å². The number of hydroxylamine groups is 1. The lowest BCUT2D eigenvalue weighted by Crippen LogP contribution is -2.49. The van der Waals surface area contributed by atoms with Crippen LogP contribution in [0.2, 0.25) is 13.1 Å². The molecule has 0 aromatic heterocycles. The summed E-state index contributed by atoms with van der Waals surface area (Å²) in [7, 11) is -2.12. The van der Waals surface area contributed by atoms with Gasteiger partial charge in [0.15, 0.2) is 5.60 Å². The Kier molecular flexibility index (Phi) is 10.6. The molecule has 14 heteroatoms. The number of anilines is 1. The molecule has 0 bridgehead atoms. The average molecular weight is 913 g/mol. The number of nitrogens with two attached hydrogens (primary N) is 1. The number of carbonyl (C=O) groups excluding carboxylic acids is 4. The van der Waals surface area contributed by atoms with E-state index in [0.29, 0.717) is 33.7 Å². The van der Waals surface area contributed by atoms with Crippen LogP contribution in [0.3, 0.4) is 0 Å². The van der Waals surface area contributed by atoms with Crippen LogP contribution in [0.5, 0.6) is 28.7 Å². The molecule has 0 unspecified atom stereocenters. The molecule has 3 aliphatic heterocycles. The second kappa shape index (κ2) is 16.4. The largest absolute Gasteiger partial charge is 0.456 e. The molecular formula is C53H48N4O9Si. The Balaban J connectivity index is 0.817. The van der Waals surface area contributed by atoms with Gasteiger partial charge in [0.2, 0.25) is 0 Å². The zero-order valence-corrected chi connectivity index (χ0v) is 38.6. The number of allylic oxidation sites excluding steroid dienone is 5. The van der Waals surface area contributed by atoms with Crippen LogP contribution in [0.4, 0.5) is 5.69 Å². The molecule has 0 saturated heterocycles. The summed E-state index contributed by atoms with van der Waals surface area (Å²) in [5, 5.41) is 14.1. The molecular weight excluding hydrogens is 865 g/mol. The lowest BCUT2D eigenvalue weighted by Gasteiger charge is -2.38. The van der Waals surface area contributed by atoms with Crippen molar-refractivity contribution < 1.29 is 43.0 Å². The number of amides is 1. The van der Waals surface area contributed by atoms with Gasteiger partial charge in [-0.05, 0) is 144 Å². The van der Waals surface area contributed by atoms with Crippen molar-refractivity contribution in [1.82, 2.24) is 10.8 Å². The van der Waals surface area contributed by atoms with Crippen molar-refractivity contribution in [2.24, 2.45) is 0 Å². The number of nitrogens with one attached hydrogen (secondary N) is 3. The molecule has 5 aromatic rings. The number of carbonyl (C=O) groups is 4. The molecule has 3 heterocycles. The van der Waals surface area contributed by atoms with Crippen LogP contribution in [-0.4, -0.2) is 49.7 Å². The van der Waals surface area contributed by atoms with Gasteiger partial charge in [-0.3, -0.25) is 14.4 Å². The Labute approximate surface area is 388 Å². The zero-order chi connectivity index (χ0) is 46.9. The van der Waals surface area contributed by atoms with Crippen molar-refractivity contribution >= 4 is 54.0 Å². The maximum atomic E-state index is 13.8. The van der Waals surface area contributed by atoms with E-state index in [1.165, 1.54) is 47.5 Å². The maximum absolute atomic E-state index is 13.8. The molecule has 13 nitrogen and oxygen atoms in total. The Bertz CT molecular complexity index is 3040. The first-order chi connectivity index (χ1) is 32.1. The van der Waals surface area contributed by atoms with Crippen LogP contribution in [0.1, 0.15) is 93.6 Å². The number of benzene rings is 5. The van der Waals surface area contributed by atoms with Gasteiger partial charge in [-0.1, -0.05) is 37.4 Å². The number of esters is 3. The third-order valence-electron chi connectivity index (χ3n) is 13.4. The van der Waals surface area contributed by atoms with E-state index in [4.69, 9.17) is 34.9 Å². The molecule has 2 aliphatic carbocycles. The normalized spacial score (nSPS) is 19.1. The van der Waals surface area contributed by atoms with Crippen molar-refractivity contribution in [2.75, 3.05) is 5.73 Å². The number of hydrogen-bond acceptors (Lipinski definition) is 12. The predicted molar refractivity (Wildman–Crippen MR) is 255 cm³/mol. The maximum Gasteiger partial charge on any atom is 0.340 e. The zero-order valence-electron chi connectivity index (χ0n) is 37.6. The minimum Gasteiger partial charge on any atom is -0.456 e. The summed E-state index contributed by atoms with van der Waals surface area (Å²) in [6.07, 6.45) is 8.96. The van der Waals surface area contributed by atoms with E-state index < -0.39 is 31.6 Å². The highest BCUT2D eigenvalue weighted by atomic mass is 28.3. The summed E-state index contributed by atoms with van der Waals surface area (Å²) in [6, 6.07) is 26.9. The SMILES string of the molecule is CC(=O)Oc1ccc2c(c1)Oc1cc(OC(C)=O)ccc1C21OC(=O)c2cc(C(=O)NC3CCC(NOc4ccc(C5=C6C=CC(=N)C=C6[Si](C)(C)c6cc(N)ccc65)c(C)c4)CC3)ccc21. The molecule has 5 aliphatic rings. The highest BCUT2D eigenvalue weighted by Gasteiger charge is 2.54. The smallest absolute Gasteiger partial charge is 0.340 e. The first kappa shape index (κ1) is 43.3. The Morgan fingerprint density at radius 2 is 1.37 bits per heavy atom. The van der Waals surface area contributed by atoms with Crippen LogP contribution in [0.15, 0.2) is 120 Å². The molecule has 67 heavy (non-hydrogen) atoms. The number of fused-ring (bicyclic) bond motifs is 8. The van der Waals surface area contributed by atoms with Crippen LogP contribution in [-0.2, 0) is 19.9 Å². The van der Waals surface area contributed by atoms with Crippen LogP contribution >= 0.6 is 0 Å². The first-order valence-corrected chi connectivity index (χ1v) is 25.3. The lowest BCUT2D eigenvalue weighted by molar-refractivity contribution is -0.132. The van der Waals surface area contributed by atoms with E-state index >= 15 is 0 Å². The summed E-state index contributed by atoms with van der Waals surface area (Å²) in [6.45, 7) is 9.31. The van der Waals surface area contributed by atoms with Crippen molar-refractivity contribution in [3.8, 4) is 28.7 Å². The second-order valence-corrected chi connectivity index (χ2v) is 22.5. The van der Waals surface area contributed by atoms with Crippen molar-refractivity contribution in [3.63, 3.8) is 0 Å². The Morgan fingerprint density at radius 3 is 2.03 bits per heavy atom. The molecule has 1 fully saturated rings. The Hall–Kier alpha value is -7.55. The van der Waals surface area contributed by atoms with Crippen LogP contribution in [0, 0.1) is 12.3 Å². The van der Waals surface area contributed by atoms with Gasteiger partial charge in [0.05, 0.1) is 11.3 Å². The highest BCUT2D eigenvalue weighted by Crippen LogP contribution is 2.57. The topological polar surface area (TPSA) is 188 Å². The summed E-state index contributed by atoms with van der Waals surface area (Å²) in [5.74, 6) is -0.280. The standard InChI is InChI=1S/C53H48N4O9Si/c1-28-22-38(13-18-39(28)50-40-16-7-32(54)24-48(40)67(4,5)49-25-33(55)8-17-41(49)50)66-57-35-11-9-34(10-12-35)56-51(60)31-6-19-43-42(23-31)52(61)65-53(43)44-20-14-36(62-29(2)58)26-46(44)64-47-27-37(63-30(3)59)15-21-45(47)53/h6-8,13-27,34-35,54,57H,9-12,55H2,1-5H3,(H,56,60). The van der Waals surface area contributed by atoms with E-state index in [1.54, 1.807) is 42.5 Å². The van der Waals surface area contributed by atoms with E-state index in [2.05, 4.69) is 55.1 Å². The third-order valence-corrected chi connectivity index (χ3v) is 16.9. The van der Waals surface area contributed by atoms with Gasteiger partial charge in [-0.25, -0.2) is 4.79 Å². The van der Waals surface area contributed by atoms with Crippen LogP contribution < -0.4 is 40.8 Å². The minimum atomic E-state index is -2.12. The first-order valence-electron chi connectivity index (χ1n) is 22.3. The number of nitrogen functional groups attached to an aromatic ring is 1. The minimum absolute atomic E-state index is 0.0720. The molecule has 1 amide bonds. The molecule has 10 rings (SSSR count). The Morgan fingerprint density at radius 1 is 0.746 bits per heavy atom. The average Bonchev–Trinajstić information content (AvgIpc) is 3.57. The molecule has 1 spiro atoms. The third kappa shape index (κ3) is 7.61. The van der Waals surface area contributed by atoms with Gasteiger partial charge in [0.1, 0.15) is 36.8 Å². The van der Waals surface area contributed by atoms with Gasteiger partial charge in [0, 0.05) is 66.0 Å². The van der Waals surface area contributed by atoms with E-state index in [-0.39, 0.29) is 46.6 Å². The van der Waals surface area contributed by atoms with E-state index in [1.807, 2.05) is 30.4 Å². The quantitative estimate of drug-likeness (QED) is 0.0385. The summed E-state index contributed by atoms with van der Waals surface area (Å²) in [4.78, 5) is 57.4. The number of rotatable bonds is 8. The number of ether oxygens (including phenoxy) is 4. The fourth-order valence-corrected chi connectivity index (χ4v) is 13.3. The van der Waals surface area contributed by atoms with E-state index in [0.717, 1.165) is 48.1 Å². The number of aryl methyl sites for hydroxylation is 1. The lowest BCUT2D eigenvalue weighted by atomic mass is 9.77. The second-order valence-electron chi connectivity index (χ2n) is 18.2. The van der Waals surface area contributed by atoms with Crippen molar-refractivity contribution in [1.29, 1.82) is 5.41 Å². The summed E-state index contributed by atoms with van der Waals surface area (Å²) in [5.41, 5.74) is 17.0. The summed E-state index contributed by atoms with van der Waals surface area (Å²) < 4.78 is 23.2. The molecule has 5 N–H and O–H groups in total. The molecule has 0 atom stereocenters.